The number of benzene rings is 1. The van der Waals surface area contributed by atoms with E-state index in [-0.39, 0.29) is 17.1 Å². The smallest absolute Gasteiger partial charge is 0.139 e. The molecule has 0 aliphatic rings. The highest BCUT2D eigenvalue weighted by Gasteiger charge is 2.18. The van der Waals surface area contributed by atoms with Crippen molar-refractivity contribution in [3.8, 4) is 11.3 Å². The van der Waals surface area contributed by atoms with Gasteiger partial charge in [0.2, 0.25) is 0 Å². The van der Waals surface area contributed by atoms with Crippen LogP contribution >= 0.6 is 15.9 Å². The highest BCUT2D eigenvalue weighted by atomic mass is 79.9. The number of rotatable bonds is 1. The Hall–Kier alpha value is -1.95. The second kappa shape index (κ2) is 4.31. The van der Waals surface area contributed by atoms with E-state index in [1.54, 1.807) is 22.7 Å². The van der Waals surface area contributed by atoms with Crippen molar-refractivity contribution >= 4 is 27.4 Å². The molecule has 0 atom stereocenters. The fourth-order valence-electron chi connectivity index (χ4n) is 1.94. The standard InChI is InChI=1S/C13H8BrF2N3/c14-7-4-5-10-18-12(13(17)19(10)6-7)11-8(15)2-1-3-9(11)16/h1-6H,17H2. The first kappa shape index (κ1) is 12.1. The number of nitrogens with zero attached hydrogens (tertiary/aromatic N) is 2. The Morgan fingerprint density at radius 1 is 1.11 bits per heavy atom. The fraction of sp³-hybridized carbons (Fsp3) is 0. The van der Waals surface area contributed by atoms with Crippen molar-refractivity contribution in [3.63, 3.8) is 0 Å². The predicted octanol–water partition coefficient (Wildman–Crippen LogP) is 3.62. The Bertz CT molecular complexity index is 763. The van der Waals surface area contributed by atoms with Crippen molar-refractivity contribution in [2.75, 3.05) is 5.73 Å². The largest absolute Gasteiger partial charge is 0.383 e. The summed E-state index contributed by atoms with van der Waals surface area (Å²) in [6, 6.07) is 7.15. The summed E-state index contributed by atoms with van der Waals surface area (Å²) in [6.07, 6.45) is 1.69. The minimum atomic E-state index is -0.686. The van der Waals surface area contributed by atoms with Crippen LogP contribution in [0.15, 0.2) is 41.0 Å². The highest BCUT2D eigenvalue weighted by molar-refractivity contribution is 9.10. The van der Waals surface area contributed by atoms with E-state index in [0.29, 0.717) is 5.65 Å². The number of pyridine rings is 1. The zero-order valence-electron chi connectivity index (χ0n) is 9.57. The van der Waals surface area contributed by atoms with Crippen molar-refractivity contribution in [1.82, 2.24) is 9.38 Å². The number of fused-ring (bicyclic) bond motifs is 1. The molecule has 2 heterocycles. The third-order valence-electron chi connectivity index (χ3n) is 2.82. The predicted molar refractivity (Wildman–Crippen MR) is 72.7 cm³/mol. The Morgan fingerprint density at radius 3 is 2.47 bits per heavy atom. The van der Waals surface area contributed by atoms with Gasteiger partial charge in [-0.05, 0) is 40.2 Å². The normalized spacial score (nSPS) is 11.1. The third kappa shape index (κ3) is 1.88. The van der Waals surface area contributed by atoms with Crippen LogP contribution in [0.5, 0.6) is 0 Å². The molecule has 3 nitrogen and oxygen atoms in total. The van der Waals surface area contributed by atoms with Gasteiger partial charge in [0, 0.05) is 10.7 Å². The summed E-state index contributed by atoms with van der Waals surface area (Å²) >= 11 is 3.31. The van der Waals surface area contributed by atoms with Crippen molar-refractivity contribution in [2.45, 2.75) is 0 Å². The first-order valence-corrected chi connectivity index (χ1v) is 6.24. The molecule has 0 amide bonds. The Balaban J connectivity index is 2.35. The molecule has 2 aromatic heterocycles. The van der Waals surface area contributed by atoms with Crippen molar-refractivity contribution < 1.29 is 8.78 Å². The first-order valence-electron chi connectivity index (χ1n) is 5.45. The van der Waals surface area contributed by atoms with Crippen molar-refractivity contribution in [1.29, 1.82) is 0 Å². The van der Waals surface area contributed by atoms with E-state index in [2.05, 4.69) is 20.9 Å². The molecule has 0 bridgehead atoms. The highest BCUT2D eigenvalue weighted by Crippen LogP contribution is 2.31. The van der Waals surface area contributed by atoms with E-state index >= 15 is 0 Å². The minimum Gasteiger partial charge on any atom is -0.383 e. The summed E-state index contributed by atoms with van der Waals surface area (Å²) in [5, 5.41) is 0. The number of nitrogens with two attached hydrogens (primary N) is 1. The molecular formula is C13H8BrF2N3. The van der Waals surface area contributed by atoms with Crippen LogP contribution in [0.2, 0.25) is 0 Å². The number of nitrogen functional groups attached to an aromatic ring is 1. The lowest BCUT2D eigenvalue weighted by molar-refractivity contribution is 0.589. The minimum absolute atomic E-state index is 0.105. The maximum absolute atomic E-state index is 13.8. The Morgan fingerprint density at radius 2 is 1.79 bits per heavy atom. The summed E-state index contributed by atoms with van der Waals surface area (Å²) in [4.78, 5) is 4.18. The molecule has 0 saturated heterocycles. The first-order chi connectivity index (χ1) is 9.08. The molecular weight excluding hydrogens is 316 g/mol. The second-order valence-corrected chi connectivity index (χ2v) is 4.93. The van der Waals surface area contributed by atoms with Crippen molar-refractivity contribution in [2.24, 2.45) is 0 Å². The van der Waals surface area contributed by atoms with E-state index in [9.17, 15) is 8.78 Å². The summed E-state index contributed by atoms with van der Waals surface area (Å²) in [5.41, 5.74) is 6.35. The summed E-state index contributed by atoms with van der Waals surface area (Å²) in [6.45, 7) is 0. The molecule has 96 valence electrons. The van der Waals surface area contributed by atoms with Gasteiger partial charge < -0.3 is 5.73 Å². The molecule has 6 heteroatoms. The molecule has 0 saturated carbocycles. The van der Waals surface area contributed by atoms with Gasteiger partial charge in [-0.3, -0.25) is 4.40 Å². The summed E-state index contributed by atoms with van der Waals surface area (Å²) < 4.78 is 29.9. The van der Waals surface area contributed by atoms with Gasteiger partial charge in [0.25, 0.3) is 0 Å². The summed E-state index contributed by atoms with van der Waals surface area (Å²) in [7, 11) is 0. The fourth-order valence-corrected chi connectivity index (χ4v) is 2.28. The number of halogens is 3. The number of hydrogen-bond donors (Lipinski definition) is 1. The Labute approximate surface area is 115 Å². The van der Waals surface area contributed by atoms with Crippen LogP contribution in [0.25, 0.3) is 16.9 Å². The van der Waals surface area contributed by atoms with Gasteiger partial charge >= 0.3 is 0 Å². The van der Waals surface area contributed by atoms with Crippen molar-refractivity contribution in [3.05, 3.63) is 52.6 Å². The van der Waals surface area contributed by atoms with Crippen LogP contribution in [-0.2, 0) is 0 Å². The van der Waals surface area contributed by atoms with E-state index in [4.69, 9.17) is 5.73 Å². The average Bonchev–Trinajstić information content (AvgIpc) is 2.67. The van der Waals surface area contributed by atoms with E-state index in [0.717, 1.165) is 4.47 Å². The quantitative estimate of drug-likeness (QED) is 0.743. The van der Waals surface area contributed by atoms with Crippen LogP contribution in [-0.4, -0.2) is 9.38 Å². The number of imidazole rings is 1. The van der Waals surface area contributed by atoms with Gasteiger partial charge in [-0.15, -0.1) is 0 Å². The van der Waals surface area contributed by atoms with Gasteiger partial charge in [0.05, 0.1) is 5.56 Å². The van der Waals surface area contributed by atoms with Crippen LogP contribution in [0.3, 0.4) is 0 Å². The SMILES string of the molecule is Nc1c(-c2c(F)cccc2F)nc2ccc(Br)cn12. The average molecular weight is 324 g/mol. The van der Waals surface area contributed by atoms with Gasteiger partial charge in [-0.2, -0.15) is 0 Å². The summed E-state index contributed by atoms with van der Waals surface area (Å²) in [5.74, 6) is -1.18. The lowest BCUT2D eigenvalue weighted by Crippen LogP contribution is -1.96. The van der Waals surface area contributed by atoms with E-state index in [1.165, 1.54) is 18.2 Å². The number of hydrogen-bond acceptors (Lipinski definition) is 2. The molecule has 0 aliphatic heterocycles. The van der Waals surface area contributed by atoms with E-state index in [1.807, 2.05) is 0 Å². The molecule has 0 unspecified atom stereocenters. The lowest BCUT2D eigenvalue weighted by Gasteiger charge is -2.02. The molecule has 1 aromatic carbocycles. The van der Waals surface area contributed by atoms with E-state index < -0.39 is 11.6 Å². The maximum Gasteiger partial charge on any atom is 0.139 e. The number of aromatic nitrogens is 2. The monoisotopic (exact) mass is 323 g/mol. The number of anilines is 1. The second-order valence-electron chi connectivity index (χ2n) is 4.02. The van der Waals surface area contributed by atoms with Crippen LogP contribution in [0.4, 0.5) is 14.6 Å². The van der Waals surface area contributed by atoms with Crippen LogP contribution in [0.1, 0.15) is 0 Å². The van der Waals surface area contributed by atoms with Crippen LogP contribution in [0, 0.1) is 11.6 Å². The molecule has 0 aliphatic carbocycles. The van der Waals surface area contributed by atoms with Gasteiger partial charge in [0.1, 0.15) is 28.8 Å². The third-order valence-corrected chi connectivity index (χ3v) is 3.29. The molecule has 0 fully saturated rings. The molecule has 3 rings (SSSR count). The molecule has 3 aromatic rings. The van der Waals surface area contributed by atoms with Crippen LogP contribution < -0.4 is 5.73 Å². The lowest BCUT2D eigenvalue weighted by atomic mass is 10.1. The topological polar surface area (TPSA) is 43.3 Å². The van der Waals surface area contributed by atoms with Gasteiger partial charge in [-0.25, -0.2) is 13.8 Å². The maximum atomic E-state index is 13.8. The molecule has 19 heavy (non-hydrogen) atoms. The molecule has 2 N–H and O–H groups in total. The molecule has 0 radical (unpaired) electrons. The zero-order valence-corrected chi connectivity index (χ0v) is 11.2. The molecule has 0 spiro atoms. The zero-order chi connectivity index (χ0) is 13.6. The Kier molecular flexibility index (Phi) is 2.74. The van der Waals surface area contributed by atoms with Gasteiger partial charge in [0.15, 0.2) is 0 Å². The van der Waals surface area contributed by atoms with Gasteiger partial charge in [-0.1, -0.05) is 6.07 Å².